The van der Waals surface area contributed by atoms with E-state index in [2.05, 4.69) is 5.32 Å². The molecule has 122 valence electrons. The second-order valence-corrected chi connectivity index (χ2v) is 5.48. The van der Waals surface area contributed by atoms with Crippen LogP contribution in [0.4, 0.5) is 5.69 Å². The Morgan fingerprint density at radius 2 is 1.92 bits per heavy atom. The Morgan fingerprint density at radius 3 is 2.50 bits per heavy atom. The van der Waals surface area contributed by atoms with E-state index in [1.54, 1.807) is 24.3 Å². The van der Waals surface area contributed by atoms with Gasteiger partial charge in [-0.05, 0) is 25.0 Å². The molecule has 1 aromatic rings. The number of benzene rings is 1. The van der Waals surface area contributed by atoms with Crippen molar-refractivity contribution < 1.29 is 9.59 Å². The summed E-state index contributed by atoms with van der Waals surface area (Å²) < 4.78 is 0. The van der Waals surface area contributed by atoms with E-state index >= 15 is 0 Å². The molecule has 1 aromatic carbocycles. The van der Waals surface area contributed by atoms with Crippen molar-refractivity contribution in [1.82, 2.24) is 4.90 Å². The first kappa shape index (κ1) is 17.0. The predicted molar refractivity (Wildman–Crippen MR) is 87.0 cm³/mol. The largest absolute Gasteiger partial charge is 0.376 e. The molecule has 24 heavy (non-hydrogen) atoms. The number of nitriles is 2. The van der Waals surface area contributed by atoms with Gasteiger partial charge in [-0.25, -0.2) is 0 Å². The standard InChI is InChI=1S/C17H17N5O2/c18-9-13-3-1-2-4-15(13)21-17(24)14(10-19)11-22-7-5-12(6-8-22)16(20)23/h1-4,11-12H,5-8H2,(H2,20,23)(H,21,24)/b14-11-. The Labute approximate surface area is 140 Å². The van der Waals surface area contributed by atoms with Gasteiger partial charge in [-0.15, -0.1) is 0 Å². The number of hydrogen-bond donors (Lipinski definition) is 2. The molecule has 1 heterocycles. The summed E-state index contributed by atoms with van der Waals surface area (Å²) in [5.41, 5.74) is 5.91. The zero-order chi connectivity index (χ0) is 17.5. The second kappa shape index (κ2) is 7.80. The van der Waals surface area contributed by atoms with Crippen molar-refractivity contribution in [1.29, 1.82) is 10.5 Å². The predicted octanol–water partition coefficient (Wildman–Crippen LogP) is 1.10. The monoisotopic (exact) mass is 323 g/mol. The van der Waals surface area contributed by atoms with Gasteiger partial charge < -0.3 is 16.0 Å². The van der Waals surface area contributed by atoms with Crippen molar-refractivity contribution in [2.75, 3.05) is 18.4 Å². The minimum Gasteiger partial charge on any atom is -0.376 e. The third-order valence-corrected chi connectivity index (χ3v) is 3.90. The van der Waals surface area contributed by atoms with E-state index in [0.717, 1.165) is 0 Å². The Balaban J connectivity index is 2.06. The summed E-state index contributed by atoms with van der Waals surface area (Å²) in [6.45, 7) is 1.11. The van der Waals surface area contributed by atoms with Crippen LogP contribution in [0.15, 0.2) is 36.0 Å². The lowest BCUT2D eigenvalue weighted by atomic mass is 9.96. The van der Waals surface area contributed by atoms with E-state index in [1.165, 1.54) is 6.20 Å². The summed E-state index contributed by atoms with van der Waals surface area (Å²) in [6.07, 6.45) is 2.69. The van der Waals surface area contributed by atoms with E-state index in [9.17, 15) is 14.9 Å². The maximum Gasteiger partial charge on any atom is 0.267 e. The van der Waals surface area contributed by atoms with Crippen LogP contribution in [0.1, 0.15) is 18.4 Å². The zero-order valence-corrected chi connectivity index (χ0v) is 13.0. The number of nitrogens with zero attached hydrogens (tertiary/aromatic N) is 3. The zero-order valence-electron chi connectivity index (χ0n) is 13.0. The van der Waals surface area contributed by atoms with Gasteiger partial charge in [0.25, 0.3) is 5.91 Å². The molecule has 0 aliphatic carbocycles. The smallest absolute Gasteiger partial charge is 0.267 e. The topological polar surface area (TPSA) is 123 Å². The Hall–Kier alpha value is -3.32. The Bertz CT molecular complexity index is 749. The van der Waals surface area contributed by atoms with Crippen LogP contribution >= 0.6 is 0 Å². The molecular formula is C17H17N5O2. The maximum atomic E-state index is 12.2. The highest BCUT2D eigenvalue weighted by Gasteiger charge is 2.22. The second-order valence-electron chi connectivity index (χ2n) is 5.48. The summed E-state index contributed by atoms with van der Waals surface area (Å²) in [7, 11) is 0. The molecule has 0 atom stereocenters. The Kier molecular flexibility index (Phi) is 5.54. The number of primary amides is 1. The summed E-state index contributed by atoms with van der Waals surface area (Å²) in [5.74, 6) is -1.04. The lowest BCUT2D eigenvalue weighted by molar-refractivity contribution is -0.123. The van der Waals surface area contributed by atoms with Gasteiger partial charge in [0, 0.05) is 25.2 Å². The summed E-state index contributed by atoms with van der Waals surface area (Å²) in [4.78, 5) is 25.2. The number of anilines is 1. The molecule has 0 radical (unpaired) electrons. The molecule has 3 N–H and O–H groups in total. The number of rotatable bonds is 4. The van der Waals surface area contributed by atoms with E-state index < -0.39 is 5.91 Å². The fraction of sp³-hybridized carbons (Fsp3) is 0.294. The quantitative estimate of drug-likeness (QED) is 0.634. The molecule has 7 heteroatoms. The first-order chi connectivity index (χ1) is 11.5. The maximum absolute atomic E-state index is 12.2. The minimum absolute atomic E-state index is 0.0553. The third-order valence-electron chi connectivity index (χ3n) is 3.90. The summed E-state index contributed by atoms with van der Waals surface area (Å²) >= 11 is 0. The average Bonchev–Trinajstić information content (AvgIpc) is 2.60. The summed E-state index contributed by atoms with van der Waals surface area (Å²) in [5, 5.41) is 20.8. The van der Waals surface area contributed by atoms with Gasteiger partial charge in [0.15, 0.2) is 0 Å². The Morgan fingerprint density at radius 1 is 1.25 bits per heavy atom. The molecule has 1 saturated heterocycles. The van der Waals surface area contributed by atoms with Gasteiger partial charge in [0.1, 0.15) is 17.7 Å². The van der Waals surface area contributed by atoms with Crippen molar-refractivity contribution >= 4 is 17.5 Å². The number of carbonyl (C=O) groups is 2. The van der Waals surface area contributed by atoms with Crippen LogP contribution in [-0.2, 0) is 9.59 Å². The van der Waals surface area contributed by atoms with Crippen molar-refractivity contribution in [2.24, 2.45) is 11.7 Å². The molecule has 0 aromatic heterocycles. The van der Waals surface area contributed by atoms with Crippen LogP contribution < -0.4 is 11.1 Å². The highest BCUT2D eigenvalue weighted by atomic mass is 16.2. The molecule has 1 fully saturated rings. The van der Waals surface area contributed by atoms with Crippen molar-refractivity contribution in [2.45, 2.75) is 12.8 Å². The number of hydrogen-bond acceptors (Lipinski definition) is 5. The fourth-order valence-electron chi connectivity index (χ4n) is 2.51. The van der Waals surface area contributed by atoms with Crippen LogP contribution in [0.25, 0.3) is 0 Å². The van der Waals surface area contributed by atoms with Gasteiger partial charge in [-0.3, -0.25) is 9.59 Å². The molecule has 0 spiro atoms. The van der Waals surface area contributed by atoms with Gasteiger partial charge in [-0.1, -0.05) is 12.1 Å². The van der Waals surface area contributed by atoms with E-state index in [4.69, 9.17) is 11.0 Å². The molecule has 2 amide bonds. The number of nitrogens with two attached hydrogens (primary N) is 1. The highest BCUT2D eigenvalue weighted by Crippen LogP contribution is 2.18. The number of piperidine rings is 1. The minimum atomic E-state index is -0.572. The molecule has 2 rings (SSSR count). The summed E-state index contributed by atoms with van der Waals surface area (Å²) in [6, 6.07) is 10.4. The van der Waals surface area contributed by atoms with Crippen molar-refractivity contribution in [3.8, 4) is 12.1 Å². The van der Waals surface area contributed by atoms with Crippen LogP contribution in [0, 0.1) is 28.6 Å². The van der Waals surface area contributed by atoms with Crippen molar-refractivity contribution in [3.05, 3.63) is 41.6 Å². The molecule has 1 aliphatic rings. The molecule has 0 bridgehead atoms. The molecule has 0 saturated carbocycles. The number of carbonyl (C=O) groups excluding carboxylic acids is 2. The van der Waals surface area contributed by atoms with Gasteiger partial charge in [-0.2, -0.15) is 10.5 Å². The van der Waals surface area contributed by atoms with Crippen LogP contribution in [0.3, 0.4) is 0 Å². The first-order valence-corrected chi connectivity index (χ1v) is 7.51. The van der Waals surface area contributed by atoms with E-state index in [0.29, 0.717) is 37.2 Å². The van der Waals surface area contributed by atoms with Crippen LogP contribution in [-0.4, -0.2) is 29.8 Å². The van der Waals surface area contributed by atoms with Gasteiger partial charge in [0.05, 0.1) is 11.3 Å². The lowest BCUT2D eigenvalue weighted by Crippen LogP contribution is -2.36. The van der Waals surface area contributed by atoms with Crippen LogP contribution in [0.5, 0.6) is 0 Å². The van der Waals surface area contributed by atoms with Crippen molar-refractivity contribution in [3.63, 3.8) is 0 Å². The lowest BCUT2D eigenvalue weighted by Gasteiger charge is -2.29. The first-order valence-electron chi connectivity index (χ1n) is 7.51. The molecule has 1 aliphatic heterocycles. The number of para-hydroxylation sites is 1. The normalized spacial score (nSPS) is 15.2. The third kappa shape index (κ3) is 4.11. The van der Waals surface area contributed by atoms with Gasteiger partial charge in [0.2, 0.25) is 5.91 Å². The average molecular weight is 323 g/mol. The van der Waals surface area contributed by atoms with Gasteiger partial charge >= 0.3 is 0 Å². The molecule has 0 unspecified atom stereocenters. The molecular weight excluding hydrogens is 306 g/mol. The molecule has 7 nitrogen and oxygen atoms in total. The fourth-order valence-corrected chi connectivity index (χ4v) is 2.51. The number of amides is 2. The van der Waals surface area contributed by atoms with Crippen LogP contribution in [0.2, 0.25) is 0 Å². The number of likely N-dealkylation sites (tertiary alicyclic amines) is 1. The highest BCUT2D eigenvalue weighted by molar-refractivity contribution is 6.07. The van der Waals surface area contributed by atoms with E-state index in [-0.39, 0.29) is 17.4 Å². The SMILES string of the molecule is N#C/C(=C/N1CCC(C(N)=O)CC1)C(=O)Nc1ccccc1C#N. The van der Waals surface area contributed by atoms with E-state index in [1.807, 2.05) is 17.0 Å². The number of nitrogens with one attached hydrogen (secondary N) is 1.